The number of anilines is 2. The van der Waals surface area contributed by atoms with E-state index in [9.17, 15) is 9.18 Å². The summed E-state index contributed by atoms with van der Waals surface area (Å²) in [6.45, 7) is 9.82. The number of likely N-dealkylation sites (N-methyl/N-ethyl adjacent to an activating group) is 2. The molecule has 1 atom stereocenters. The number of benzene rings is 2. The Balaban J connectivity index is 1.50. The van der Waals surface area contributed by atoms with Crippen LogP contribution in [-0.4, -0.2) is 62.0 Å². The first-order chi connectivity index (χ1) is 14.0. The molecule has 1 unspecified atom stereocenters. The van der Waals surface area contributed by atoms with Crippen LogP contribution >= 0.6 is 0 Å². The van der Waals surface area contributed by atoms with Crippen LogP contribution in [0.3, 0.4) is 0 Å². The van der Waals surface area contributed by atoms with E-state index in [0.29, 0.717) is 0 Å². The van der Waals surface area contributed by atoms with Gasteiger partial charge >= 0.3 is 0 Å². The SMILES string of the molecule is CCN1CCN(c2ccc(NC(=O)CN(C)C(C)c3ccc(F)cc3)cc2)CC1. The van der Waals surface area contributed by atoms with E-state index in [4.69, 9.17) is 0 Å². The van der Waals surface area contributed by atoms with Gasteiger partial charge in [0, 0.05) is 43.6 Å². The Labute approximate surface area is 173 Å². The zero-order valence-corrected chi connectivity index (χ0v) is 17.6. The van der Waals surface area contributed by atoms with Crippen LogP contribution in [0.4, 0.5) is 15.8 Å². The van der Waals surface area contributed by atoms with Crippen molar-refractivity contribution in [2.75, 3.05) is 56.5 Å². The third-order valence-electron chi connectivity index (χ3n) is 5.74. The summed E-state index contributed by atoms with van der Waals surface area (Å²) in [7, 11) is 1.90. The molecule has 1 fully saturated rings. The number of carbonyl (C=O) groups excluding carboxylic acids is 1. The molecule has 1 amide bonds. The summed E-state index contributed by atoms with van der Waals surface area (Å²) in [5, 5.41) is 2.97. The van der Waals surface area contributed by atoms with E-state index < -0.39 is 0 Å². The van der Waals surface area contributed by atoms with E-state index in [-0.39, 0.29) is 24.3 Å². The lowest BCUT2D eigenvalue weighted by Crippen LogP contribution is -2.46. The van der Waals surface area contributed by atoms with Crippen LogP contribution in [0, 0.1) is 5.82 Å². The molecule has 6 heteroatoms. The Morgan fingerprint density at radius 2 is 1.69 bits per heavy atom. The zero-order valence-electron chi connectivity index (χ0n) is 17.6. The molecule has 0 spiro atoms. The number of nitrogens with zero attached hydrogens (tertiary/aromatic N) is 3. The molecule has 0 aromatic heterocycles. The Kier molecular flexibility index (Phi) is 7.23. The zero-order chi connectivity index (χ0) is 20.8. The van der Waals surface area contributed by atoms with Crippen molar-refractivity contribution in [3.63, 3.8) is 0 Å². The molecule has 1 N–H and O–H groups in total. The lowest BCUT2D eigenvalue weighted by Gasteiger charge is -2.35. The van der Waals surface area contributed by atoms with Gasteiger partial charge in [-0.3, -0.25) is 9.69 Å². The number of amides is 1. The second kappa shape index (κ2) is 9.85. The number of piperazine rings is 1. The average Bonchev–Trinajstić information content (AvgIpc) is 2.74. The predicted octanol–water partition coefficient (Wildman–Crippen LogP) is 3.60. The molecule has 2 aromatic rings. The highest BCUT2D eigenvalue weighted by Crippen LogP contribution is 2.21. The molecule has 3 rings (SSSR count). The average molecular weight is 399 g/mol. The van der Waals surface area contributed by atoms with Gasteiger partial charge in [0.25, 0.3) is 0 Å². The summed E-state index contributed by atoms with van der Waals surface area (Å²) in [5.74, 6) is -0.317. The van der Waals surface area contributed by atoms with Crippen LogP contribution in [0.2, 0.25) is 0 Å². The number of halogens is 1. The number of carbonyl (C=O) groups is 1. The third kappa shape index (κ3) is 5.78. The molecule has 5 nitrogen and oxygen atoms in total. The fraction of sp³-hybridized carbons (Fsp3) is 0.435. The molecule has 1 saturated heterocycles. The first kappa shape index (κ1) is 21.3. The summed E-state index contributed by atoms with van der Waals surface area (Å²) in [6.07, 6.45) is 0. The van der Waals surface area contributed by atoms with E-state index >= 15 is 0 Å². The number of hydrogen-bond acceptors (Lipinski definition) is 4. The maximum atomic E-state index is 13.1. The molecule has 0 aliphatic carbocycles. The van der Waals surface area contributed by atoms with Gasteiger partial charge in [0.15, 0.2) is 0 Å². The van der Waals surface area contributed by atoms with Crippen molar-refractivity contribution in [2.45, 2.75) is 19.9 Å². The van der Waals surface area contributed by atoms with Crippen LogP contribution in [0.1, 0.15) is 25.5 Å². The number of hydrogen-bond donors (Lipinski definition) is 1. The molecule has 1 aliphatic heterocycles. The van der Waals surface area contributed by atoms with Crippen molar-refractivity contribution in [3.05, 3.63) is 59.9 Å². The highest BCUT2D eigenvalue weighted by molar-refractivity contribution is 5.92. The molecule has 0 bridgehead atoms. The molecule has 156 valence electrons. The van der Waals surface area contributed by atoms with E-state index in [1.54, 1.807) is 12.1 Å². The number of rotatable bonds is 7. The van der Waals surface area contributed by atoms with Gasteiger partial charge in [0.2, 0.25) is 5.91 Å². The Hall–Kier alpha value is -2.44. The fourth-order valence-corrected chi connectivity index (χ4v) is 3.64. The van der Waals surface area contributed by atoms with Crippen molar-refractivity contribution >= 4 is 17.3 Å². The van der Waals surface area contributed by atoms with Gasteiger partial charge in [-0.2, -0.15) is 0 Å². The molecule has 2 aromatic carbocycles. The van der Waals surface area contributed by atoms with E-state index in [1.807, 2.05) is 31.0 Å². The van der Waals surface area contributed by atoms with Crippen LogP contribution in [0.15, 0.2) is 48.5 Å². The van der Waals surface area contributed by atoms with Gasteiger partial charge in [0.1, 0.15) is 5.82 Å². The van der Waals surface area contributed by atoms with Crippen molar-refractivity contribution in [3.8, 4) is 0 Å². The normalized spacial score (nSPS) is 16.1. The maximum Gasteiger partial charge on any atom is 0.238 e. The fourth-order valence-electron chi connectivity index (χ4n) is 3.64. The summed E-state index contributed by atoms with van der Waals surface area (Å²) >= 11 is 0. The van der Waals surface area contributed by atoms with E-state index in [0.717, 1.165) is 44.0 Å². The minimum atomic E-state index is -0.253. The molecule has 0 radical (unpaired) electrons. The van der Waals surface area contributed by atoms with Gasteiger partial charge in [-0.05, 0) is 62.5 Å². The second-order valence-corrected chi connectivity index (χ2v) is 7.66. The van der Waals surface area contributed by atoms with Crippen molar-refractivity contribution in [2.24, 2.45) is 0 Å². The Morgan fingerprint density at radius 3 is 2.28 bits per heavy atom. The highest BCUT2D eigenvalue weighted by atomic mass is 19.1. The lowest BCUT2D eigenvalue weighted by molar-refractivity contribution is -0.117. The smallest absolute Gasteiger partial charge is 0.238 e. The van der Waals surface area contributed by atoms with Crippen molar-refractivity contribution in [1.82, 2.24) is 9.80 Å². The summed E-state index contributed by atoms with van der Waals surface area (Å²) in [5.41, 5.74) is 2.98. The van der Waals surface area contributed by atoms with Crippen LogP contribution < -0.4 is 10.2 Å². The monoisotopic (exact) mass is 398 g/mol. The second-order valence-electron chi connectivity index (χ2n) is 7.66. The van der Waals surface area contributed by atoms with E-state index in [2.05, 4.69) is 34.2 Å². The maximum absolute atomic E-state index is 13.1. The topological polar surface area (TPSA) is 38.8 Å². The van der Waals surface area contributed by atoms with Gasteiger partial charge < -0.3 is 15.1 Å². The summed E-state index contributed by atoms with van der Waals surface area (Å²) in [6, 6.07) is 14.5. The lowest BCUT2D eigenvalue weighted by atomic mass is 10.1. The molecule has 1 heterocycles. The third-order valence-corrected chi connectivity index (χ3v) is 5.74. The Bertz CT molecular complexity index is 786. The van der Waals surface area contributed by atoms with Crippen LogP contribution in [0.5, 0.6) is 0 Å². The minimum Gasteiger partial charge on any atom is -0.369 e. The first-order valence-corrected chi connectivity index (χ1v) is 10.3. The van der Waals surface area contributed by atoms with Crippen LogP contribution in [0.25, 0.3) is 0 Å². The minimum absolute atomic E-state index is 0.0190. The van der Waals surface area contributed by atoms with Gasteiger partial charge in [-0.25, -0.2) is 4.39 Å². The van der Waals surface area contributed by atoms with Crippen molar-refractivity contribution < 1.29 is 9.18 Å². The number of nitrogens with one attached hydrogen (secondary N) is 1. The van der Waals surface area contributed by atoms with Crippen molar-refractivity contribution in [1.29, 1.82) is 0 Å². The Morgan fingerprint density at radius 1 is 1.07 bits per heavy atom. The van der Waals surface area contributed by atoms with Gasteiger partial charge in [-0.15, -0.1) is 0 Å². The van der Waals surface area contributed by atoms with Crippen LogP contribution in [-0.2, 0) is 4.79 Å². The molecular formula is C23H31FN4O. The van der Waals surface area contributed by atoms with Gasteiger partial charge in [-0.1, -0.05) is 19.1 Å². The summed E-state index contributed by atoms with van der Waals surface area (Å²) in [4.78, 5) is 19.2. The summed E-state index contributed by atoms with van der Waals surface area (Å²) < 4.78 is 13.1. The first-order valence-electron chi connectivity index (χ1n) is 10.3. The molecule has 29 heavy (non-hydrogen) atoms. The highest BCUT2D eigenvalue weighted by Gasteiger charge is 2.17. The molecular weight excluding hydrogens is 367 g/mol. The molecule has 0 saturated carbocycles. The predicted molar refractivity (Wildman–Crippen MR) is 117 cm³/mol. The van der Waals surface area contributed by atoms with E-state index in [1.165, 1.54) is 17.8 Å². The molecule has 1 aliphatic rings. The standard InChI is InChI=1S/C23H31FN4O/c1-4-27-13-15-28(16-14-27)22-11-9-21(10-12-22)25-23(29)17-26(3)18(2)19-5-7-20(24)8-6-19/h5-12,18H,4,13-17H2,1-3H3,(H,25,29). The quantitative estimate of drug-likeness (QED) is 0.774. The largest absolute Gasteiger partial charge is 0.369 e. The van der Waals surface area contributed by atoms with Gasteiger partial charge in [0.05, 0.1) is 6.54 Å².